The van der Waals surface area contributed by atoms with Gasteiger partial charge >= 0.3 is 0 Å². The molecule has 2 aromatic carbocycles. The van der Waals surface area contributed by atoms with Gasteiger partial charge in [-0.3, -0.25) is 9.59 Å². The van der Waals surface area contributed by atoms with Gasteiger partial charge in [0.15, 0.2) is 11.5 Å². The fourth-order valence-corrected chi connectivity index (χ4v) is 4.44. The van der Waals surface area contributed by atoms with Crippen LogP contribution in [0.2, 0.25) is 0 Å². The number of amides is 1. The third kappa shape index (κ3) is 5.45. The molecule has 9 heteroatoms. The lowest BCUT2D eigenvalue weighted by molar-refractivity contribution is -0.139. The predicted molar refractivity (Wildman–Crippen MR) is 138 cm³/mol. The lowest BCUT2D eigenvalue weighted by Gasteiger charge is -2.26. The number of aliphatic hydroxyl groups excluding tert-OH is 1. The number of aryl methyl sites for hydroxylation is 1. The van der Waals surface area contributed by atoms with Gasteiger partial charge in [-0.2, -0.15) is 0 Å². The molecule has 9 nitrogen and oxygen atoms in total. The van der Waals surface area contributed by atoms with Crippen molar-refractivity contribution in [2.45, 2.75) is 32.9 Å². The zero-order chi connectivity index (χ0) is 26.4. The van der Waals surface area contributed by atoms with Crippen LogP contribution in [0.25, 0.3) is 5.76 Å². The average Bonchev–Trinajstić information content (AvgIpc) is 3.52. The molecule has 1 fully saturated rings. The van der Waals surface area contributed by atoms with Crippen LogP contribution in [-0.2, 0) is 16.1 Å². The van der Waals surface area contributed by atoms with E-state index in [1.165, 1.54) is 4.90 Å². The second kappa shape index (κ2) is 11.6. The number of Topliss-reactive ketones (excluding diaryl/α,β-unsaturated/α-hetero) is 1. The molecule has 1 aliphatic heterocycles. The monoisotopic (exact) mass is 505 g/mol. The Bertz CT molecular complexity index is 1270. The van der Waals surface area contributed by atoms with Crippen molar-refractivity contribution in [1.82, 2.24) is 14.5 Å². The highest BCUT2D eigenvalue weighted by molar-refractivity contribution is 6.46. The number of ketones is 1. The summed E-state index contributed by atoms with van der Waals surface area (Å²) >= 11 is 0. The number of hydrogen-bond acceptors (Lipinski definition) is 7. The van der Waals surface area contributed by atoms with Crippen molar-refractivity contribution in [1.29, 1.82) is 0 Å². The highest BCUT2D eigenvalue weighted by Crippen LogP contribution is 2.42. The second-order valence-electron chi connectivity index (χ2n) is 8.45. The normalized spacial score (nSPS) is 16.7. The third-order valence-electron chi connectivity index (χ3n) is 6.16. The Morgan fingerprint density at radius 3 is 2.38 bits per heavy atom. The number of aromatic nitrogens is 2. The molecule has 0 aliphatic carbocycles. The number of ether oxygens (including phenoxy) is 3. The summed E-state index contributed by atoms with van der Waals surface area (Å²) in [6.07, 6.45) is 5.83. The molecule has 1 aliphatic rings. The summed E-state index contributed by atoms with van der Waals surface area (Å²) in [6.45, 7) is 5.57. The smallest absolute Gasteiger partial charge is 0.295 e. The maximum Gasteiger partial charge on any atom is 0.295 e. The Morgan fingerprint density at radius 2 is 1.73 bits per heavy atom. The van der Waals surface area contributed by atoms with Crippen LogP contribution in [0.3, 0.4) is 0 Å². The van der Waals surface area contributed by atoms with Crippen molar-refractivity contribution >= 4 is 17.4 Å². The summed E-state index contributed by atoms with van der Waals surface area (Å²) in [5.41, 5.74) is 1.09. The molecule has 2 heterocycles. The summed E-state index contributed by atoms with van der Waals surface area (Å²) in [6, 6.07) is 11.2. The summed E-state index contributed by atoms with van der Waals surface area (Å²) in [7, 11) is 1.55. The summed E-state index contributed by atoms with van der Waals surface area (Å²) in [5, 5.41) is 11.3. The number of imidazole rings is 1. The van der Waals surface area contributed by atoms with E-state index in [0.717, 1.165) is 0 Å². The Balaban J connectivity index is 1.77. The number of carbonyl (C=O) groups excluding carboxylic acids is 2. The van der Waals surface area contributed by atoms with E-state index in [4.69, 9.17) is 14.2 Å². The average molecular weight is 506 g/mol. The van der Waals surface area contributed by atoms with Gasteiger partial charge in [0.2, 0.25) is 0 Å². The molecule has 0 spiro atoms. The van der Waals surface area contributed by atoms with E-state index < -0.39 is 17.7 Å². The van der Waals surface area contributed by atoms with E-state index in [1.807, 2.05) is 24.6 Å². The number of likely N-dealkylation sites (tertiary alicyclic amines) is 1. The Hall–Kier alpha value is -4.27. The predicted octanol–water partition coefficient (Wildman–Crippen LogP) is 4.20. The molecule has 0 saturated carbocycles. The topological polar surface area (TPSA) is 103 Å². The first-order valence-corrected chi connectivity index (χ1v) is 12.3. The zero-order valence-electron chi connectivity index (χ0n) is 21.2. The van der Waals surface area contributed by atoms with Crippen molar-refractivity contribution < 1.29 is 28.9 Å². The van der Waals surface area contributed by atoms with Gasteiger partial charge in [0, 0.05) is 31.0 Å². The molecular formula is C28H31N3O6. The quantitative estimate of drug-likeness (QED) is 0.237. The van der Waals surface area contributed by atoms with E-state index >= 15 is 0 Å². The lowest BCUT2D eigenvalue weighted by atomic mass is 9.95. The minimum absolute atomic E-state index is 0.0319. The van der Waals surface area contributed by atoms with Crippen LogP contribution in [0.15, 0.2) is 66.8 Å². The molecule has 3 aromatic rings. The van der Waals surface area contributed by atoms with Crippen LogP contribution in [0.5, 0.6) is 17.2 Å². The molecule has 1 N–H and O–H groups in total. The Kier molecular flexibility index (Phi) is 8.12. The van der Waals surface area contributed by atoms with Crippen LogP contribution in [0.1, 0.15) is 37.4 Å². The van der Waals surface area contributed by atoms with Crippen LogP contribution in [-0.4, -0.2) is 58.1 Å². The van der Waals surface area contributed by atoms with Crippen LogP contribution < -0.4 is 14.2 Å². The molecule has 1 aromatic heterocycles. The molecule has 1 amide bonds. The minimum atomic E-state index is -0.792. The molecule has 37 heavy (non-hydrogen) atoms. The van der Waals surface area contributed by atoms with E-state index in [0.29, 0.717) is 61.1 Å². The SMILES string of the molecule is CCOc1ccc([C@@H]2C(=C(O)c3ccc(OC)cc3)C(=O)C(=O)N2CCCn2ccnc2)cc1OCC. The third-order valence-corrected chi connectivity index (χ3v) is 6.16. The molecule has 1 saturated heterocycles. The standard InChI is InChI=1S/C28H31N3O6/c1-4-36-22-12-9-20(17-23(22)37-5-2)25-24(26(32)19-7-10-21(35-3)11-8-19)27(33)28(34)31(25)15-6-14-30-16-13-29-18-30/h7-13,16-18,25,32H,4-6,14-15H2,1-3H3/t25-/m1/s1. The number of nitrogens with zero attached hydrogens (tertiary/aromatic N) is 3. The van der Waals surface area contributed by atoms with E-state index in [9.17, 15) is 14.7 Å². The van der Waals surface area contributed by atoms with Crippen LogP contribution >= 0.6 is 0 Å². The highest BCUT2D eigenvalue weighted by Gasteiger charge is 2.46. The van der Waals surface area contributed by atoms with Gasteiger partial charge in [0.05, 0.1) is 38.3 Å². The van der Waals surface area contributed by atoms with Crippen LogP contribution in [0, 0.1) is 0 Å². The van der Waals surface area contributed by atoms with E-state index in [2.05, 4.69) is 4.98 Å². The fraction of sp³-hybridized carbons (Fsp3) is 0.321. The number of hydrogen-bond donors (Lipinski definition) is 1. The Morgan fingerprint density at radius 1 is 1.00 bits per heavy atom. The Labute approximate surface area is 215 Å². The molecule has 194 valence electrons. The van der Waals surface area contributed by atoms with Crippen molar-refractivity contribution in [3.05, 3.63) is 77.9 Å². The number of carbonyl (C=O) groups is 2. The fourth-order valence-electron chi connectivity index (χ4n) is 4.44. The number of benzene rings is 2. The van der Waals surface area contributed by atoms with E-state index in [1.54, 1.807) is 62.1 Å². The summed E-state index contributed by atoms with van der Waals surface area (Å²) in [5.74, 6) is 0.0665. The van der Waals surface area contributed by atoms with Gasteiger partial charge in [-0.05, 0) is 62.2 Å². The summed E-state index contributed by atoms with van der Waals surface area (Å²) in [4.78, 5) is 32.1. The molecule has 0 unspecified atom stereocenters. The largest absolute Gasteiger partial charge is 0.507 e. The number of rotatable bonds is 11. The van der Waals surface area contributed by atoms with E-state index in [-0.39, 0.29) is 11.3 Å². The maximum absolute atomic E-state index is 13.3. The zero-order valence-corrected chi connectivity index (χ0v) is 21.2. The second-order valence-corrected chi connectivity index (χ2v) is 8.45. The van der Waals surface area contributed by atoms with Gasteiger partial charge in [-0.1, -0.05) is 6.07 Å². The number of methoxy groups -OCH3 is 1. The molecule has 1 atom stereocenters. The molecule has 4 rings (SSSR count). The maximum atomic E-state index is 13.3. The molecular weight excluding hydrogens is 474 g/mol. The number of aliphatic hydroxyl groups is 1. The lowest BCUT2D eigenvalue weighted by Crippen LogP contribution is -2.31. The first-order valence-electron chi connectivity index (χ1n) is 12.3. The van der Waals surface area contributed by atoms with Gasteiger partial charge in [-0.15, -0.1) is 0 Å². The highest BCUT2D eigenvalue weighted by atomic mass is 16.5. The van der Waals surface area contributed by atoms with Crippen molar-refractivity contribution in [2.24, 2.45) is 0 Å². The van der Waals surface area contributed by atoms with Gasteiger partial charge in [-0.25, -0.2) is 4.98 Å². The minimum Gasteiger partial charge on any atom is -0.507 e. The van der Waals surface area contributed by atoms with Crippen molar-refractivity contribution in [3.63, 3.8) is 0 Å². The summed E-state index contributed by atoms with van der Waals surface area (Å²) < 4.78 is 18.6. The van der Waals surface area contributed by atoms with Gasteiger partial charge in [0.25, 0.3) is 11.7 Å². The van der Waals surface area contributed by atoms with Crippen molar-refractivity contribution in [3.8, 4) is 17.2 Å². The first kappa shape index (κ1) is 25.8. The first-order chi connectivity index (χ1) is 18.0. The van der Waals surface area contributed by atoms with Gasteiger partial charge < -0.3 is 28.8 Å². The van der Waals surface area contributed by atoms with Crippen LogP contribution in [0.4, 0.5) is 0 Å². The van der Waals surface area contributed by atoms with Crippen molar-refractivity contribution in [2.75, 3.05) is 26.9 Å². The van der Waals surface area contributed by atoms with Gasteiger partial charge in [0.1, 0.15) is 11.5 Å². The molecule has 0 radical (unpaired) electrons. The molecule has 0 bridgehead atoms.